The first kappa shape index (κ1) is 34.4. The van der Waals surface area contributed by atoms with Gasteiger partial charge in [-0.15, -0.1) is 0 Å². The Morgan fingerprint density at radius 2 is 1.71 bits per heavy atom. The molecule has 3 aromatic carbocycles. The SMILES string of the molecule is CCOC(=O)CC(NC(=O)CNc1ccc(/C=C\NC)c(C=O)c1)c1cccc(NC(=O)OCC(C)c2ccccc2CC)c1. The van der Waals surface area contributed by atoms with Crippen molar-refractivity contribution in [1.29, 1.82) is 0 Å². The molecule has 0 aliphatic carbocycles. The van der Waals surface area contributed by atoms with Crippen molar-refractivity contribution in [3.8, 4) is 0 Å². The van der Waals surface area contributed by atoms with Crippen LogP contribution in [-0.2, 0) is 25.5 Å². The molecule has 0 aliphatic heterocycles. The number of nitrogens with one attached hydrogen (secondary N) is 4. The van der Waals surface area contributed by atoms with E-state index in [2.05, 4.69) is 34.3 Å². The summed E-state index contributed by atoms with van der Waals surface area (Å²) in [5.41, 5.74) is 5.20. The molecule has 4 N–H and O–H groups in total. The van der Waals surface area contributed by atoms with Crippen molar-refractivity contribution in [3.05, 3.63) is 101 Å². The number of carbonyl (C=O) groups is 4. The van der Waals surface area contributed by atoms with Gasteiger partial charge in [-0.2, -0.15) is 0 Å². The lowest BCUT2D eigenvalue weighted by Gasteiger charge is -2.20. The molecule has 0 aromatic heterocycles. The summed E-state index contributed by atoms with van der Waals surface area (Å²) >= 11 is 0. The largest absolute Gasteiger partial charge is 0.466 e. The summed E-state index contributed by atoms with van der Waals surface area (Å²) in [7, 11) is 1.76. The van der Waals surface area contributed by atoms with Crippen LogP contribution in [0.1, 0.15) is 71.8 Å². The number of aldehydes is 1. The van der Waals surface area contributed by atoms with E-state index >= 15 is 0 Å². The molecule has 0 aliphatic rings. The average Bonchev–Trinajstić information content (AvgIpc) is 3.05. The van der Waals surface area contributed by atoms with Crippen LogP contribution in [0.4, 0.5) is 16.2 Å². The molecule has 45 heavy (non-hydrogen) atoms. The van der Waals surface area contributed by atoms with Crippen LogP contribution in [0.3, 0.4) is 0 Å². The third kappa shape index (κ3) is 10.8. The maximum atomic E-state index is 13.0. The van der Waals surface area contributed by atoms with Gasteiger partial charge in [-0.3, -0.25) is 19.7 Å². The Balaban J connectivity index is 1.65. The second-order valence-electron chi connectivity index (χ2n) is 10.4. The third-order valence-corrected chi connectivity index (χ3v) is 7.07. The molecule has 2 amide bonds. The highest BCUT2D eigenvalue weighted by Gasteiger charge is 2.20. The number of amides is 2. The van der Waals surface area contributed by atoms with Crippen molar-refractivity contribution in [2.45, 2.75) is 45.6 Å². The molecule has 0 fully saturated rings. The Morgan fingerprint density at radius 1 is 0.911 bits per heavy atom. The lowest BCUT2D eigenvalue weighted by atomic mass is 9.95. The summed E-state index contributed by atoms with van der Waals surface area (Å²) in [4.78, 5) is 49.6. The molecular weight excluding hydrogens is 572 g/mol. The molecule has 3 aromatic rings. The first-order chi connectivity index (χ1) is 21.8. The summed E-state index contributed by atoms with van der Waals surface area (Å²) in [6.07, 6.45) is 4.42. The number of rotatable bonds is 16. The van der Waals surface area contributed by atoms with Gasteiger partial charge in [0.2, 0.25) is 5.91 Å². The number of hydrogen-bond donors (Lipinski definition) is 4. The topological polar surface area (TPSA) is 135 Å². The number of benzene rings is 3. The number of aryl methyl sites for hydroxylation is 1. The van der Waals surface area contributed by atoms with Crippen LogP contribution in [-0.4, -0.2) is 51.1 Å². The minimum atomic E-state index is -0.721. The summed E-state index contributed by atoms with van der Waals surface area (Å²) in [6.45, 7) is 6.12. The van der Waals surface area contributed by atoms with Crippen molar-refractivity contribution >= 4 is 41.7 Å². The van der Waals surface area contributed by atoms with Crippen molar-refractivity contribution in [3.63, 3.8) is 0 Å². The van der Waals surface area contributed by atoms with Gasteiger partial charge in [0, 0.05) is 29.9 Å². The van der Waals surface area contributed by atoms with Gasteiger partial charge in [-0.1, -0.05) is 56.3 Å². The highest BCUT2D eigenvalue weighted by atomic mass is 16.5. The first-order valence-corrected chi connectivity index (χ1v) is 15.0. The number of ether oxygens (including phenoxy) is 2. The molecule has 3 rings (SSSR count). The van der Waals surface area contributed by atoms with Gasteiger partial charge in [0.05, 0.1) is 32.2 Å². The lowest BCUT2D eigenvalue weighted by Crippen LogP contribution is -2.34. The molecule has 10 nitrogen and oxygen atoms in total. The first-order valence-electron chi connectivity index (χ1n) is 15.0. The minimum absolute atomic E-state index is 0.0224. The highest BCUT2D eigenvalue weighted by Crippen LogP contribution is 2.23. The molecule has 0 radical (unpaired) electrons. The van der Waals surface area contributed by atoms with Crippen LogP contribution < -0.4 is 21.3 Å². The number of hydrogen-bond acceptors (Lipinski definition) is 8. The number of carbonyl (C=O) groups excluding carboxylic acids is 4. The summed E-state index contributed by atoms with van der Waals surface area (Å²) < 4.78 is 10.6. The smallest absolute Gasteiger partial charge is 0.411 e. The van der Waals surface area contributed by atoms with E-state index in [4.69, 9.17) is 9.47 Å². The maximum Gasteiger partial charge on any atom is 0.411 e. The van der Waals surface area contributed by atoms with Crippen LogP contribution >= 0.6 is 0 Å². The van der Waals surface area contributed by atoms with Gasteiger partial charge in [-0.25, -0.2) is 4.79 Å². The van der Waals surface area contributed by atoms with Crippen molar-refractivity contribution in [2.24, 2.45) is 0 Å². The van der Waals surface area contributed by atoms with E-state index in [0.717, 1.165) is 23.8 Å². The zero-order valence-corrected chi connectivity index (χ0v) is 26.2. The average molecular weight is 615 g/mol. The zero-order valence-electron chi connectivity index (χ0n) is 26.2. The number of esters is 1. The monoisotopic (exact) mass is 614 g/mol. The quantitative estimate of drug-likeness (QED) is 0.117. The normalized spacial score (nSPS) is 12.1. The van der Waals surface area contributed by atoms with Crippen molar-refractivity contribution < 1.29 is 28.7 Å². The fraction of sp³-hybridized carbons (Fsp3) is 0.314. The third-order valence-electron chi connectivity index (χ3n) is 7.07. The fourth-order valence-electron chi connectivity index (χ4n) is 4.79. The van der Waals surface area contributed by atoms with Crippen molar-refractivity contribution in [1.82, 2.24) is 10.6 Å². The molecule has 0 saturated heterocycles. The Bertz CT molecular complexity index is 1490. The van der Waals surface area contributed by atoms with E-state index in [0.29, 0.717) is 22.5 Å². The van der Waals surface area contributed by atoms with E-state index in [1.807, 2.05) is 25.1 Å². The van der Waals surface area contributed by atoms with Crippen LogP contribution in [0, 0.1) is 0 Å². The van der Waals surface area contributed by atoms with Gasteiger partial charge in [0.1, 0.15) is 0 Å². The summed E-state index contributed by atoms with van der Waals surface area (Å²) in [5, 5.41) is 11.5. The van der Waals surface area contributed by atoms with E-state index < -0.39 is 18.1 Å². The number of anilines is 2. The summed E-state index contributed by atoms with van der Waals surface area (Å²) in [5.74, 6) is -0.833. The predicted octanol–water partition coefficient (Wildman–Crippen LogP) is 5.83. The minimum Gasteiger partial charge on any atom is -0.466 e. The van der Waals surface area contributed by atoms with Crippen LogP contribution in [0.25, 0.3) is 6.08 Å². The van der Waals surface area contributed by atoms with E-state index in [1.165, 1.54) is 5.56 Å². The fourth-order valence-corrected chi connectivity index (χ4v) is 4.79. The second-order valence-corrected chi connectivity index (χ2v) is 10.4. The van der Waals surface area contributed by atoms with E-state index in [-0.39, 0.29) is 38.0 Å². The molecule has 2 atom stereocenters. The predicted molar refractivity (Wildman–Crippen MR) is 176 cm³/mol. The Hall–Kier alpha value is -5.12. The molecule has 238 valence electrons. The summed E-state index contributed by atoms with van der Waals surface area (Å²) in [6, 6.07) is 19.4. The van der Waals surface area contributed by atoms with Crippen LogP contribution in [0.15, 0.2) is 72.9 Å². The highest BCUT2D eigenvalue weighted by molar-refractivity contribution is 5.86. The molecular formula is C35H42N4O6. The van der Waals surface area contributed by atoms with Gasteiger partial charge < -0.3 is 25.4 Å². The van der Waals surface area contributed by atoms with Gasteiger partial charge in [0.15, 0.2) is 6.29 Å². The molecule has 0 bridgehead atoms. The molecule has 10 heteroatoms. The Kier molecular flexibility index (Phi) is 13.6. The molecule has 0 spiro atoms. The van der Waals surface area contributed by atoms with Gasteiger partial charge in [-0.05, 0) is 72.1 Å². The van der Waals surface area contributed by atoms with E-state index in [1.54, 1.807) is 68.7 Å². The zero-order chi connectivity index (χ0) is 32.6. The Labute approximate surface area is 264 Å². The maximum absolute atomic E-state index is 13.0. The standard InChI is InChI=1S/C35H42N4O6/c1-5-25-10-7-8-13-31(25)24(3)23-45-35(43)38-30-12-9-11-27(18-30)32(20-34(42)44-6-2)39-33(41)21-37-29-15-14-26(16-17-36-4)28(19-29)22-40/h7-19,22,24,32,36-37H,5-6,20-21,23H2,1-4H3,(H,38,43)(H,39,41)/b17-16-. The van der Waals surface area contributed by atoms with E-state index in [9.17, 15) is 19.2 Å². The Morgan fingerprint density at radius 3 is 2.44 bits per heavy atom. The second kappa shape index (κ2) is 17.9. The van der Waals surface area contributed by atoms with Crippen LogP contribution in [0.5, 0.6) is 0 Å². The van der Waals surface area contributed by atoms with Gasteiger partial charge >= 0.3 is 12.1 Å². The van der Waals surface area contributed by atoms with Gasteiger partial charge in [0.25, 0.3) is 0 Å². The van der Waals surface area contributed by atoms with Crippen LogP contribution in [0.2, 0.25) is 0 Å². The molecule has 2 unspecified atom stereocenters. The van der Waals surface area contributed by atoms with Crippen molar-refractivity contribution in [2.75, 3.05) is 37.4 Å². The molecule has 0 saturated carbocycles. The molecule has 0 heterocycles. The lowest BCUT2D eigenvalue weighted by molar-refractivity contribution is -0.143.